The summed E-state index contributed by atoms with van der Waals surface area (Å²) in [6.45, 7) is 0.588. The number of nitrogens with zero attached hydrogens (tertiary/aromatic N) is 2. The Balaban J connectivity index is 2.61. The number of benzene rings is 1. The van der Waals surface area contributed by atoms with Crippen molar-refractivity contribution in [3.8, 4) is 6.07 Å². The van der Waals surface area contributed by atoms with Crippen molar-refractivity contribution >= 4 is 23.3 Å². The molecular formula is C13H16ClN3O. The minimum atomic E-state index is -0.215. The highest BCUT2D eigenvalue weighted by atomic mass is 35.5. The van der Waals surface area contributed by atoms with Crippen molar-refractivity contribution in [2.75, 3.05) is 24.4 Å². The molecule has 1 rings (SSSR count). The van der Waals surface area contributed by atoms with E-state index in [-0.39, 0.29) is 6.03 Å². The average Bonchev–Trinajstić information content (AvgIpc) is 2.42. The Labute approximate surface area is 112 Å². The predicted octanol–water partition coefficient (Wildman–Crippen LogP) is 2.72. The molecule has 0 unspecified atom stereocenters. The molecule has 0 fully saturated rings. The van der Waals surface area contributed by atoms with Crippen LogP contribution in [0, 0.1) is 11.3 Å². The first kappa shape index (κ1) is 14.3. The second kappa shape index (κ2) is 7.57. The van der Waals surface area contributed by atoms with Gasteiger partial charge >= 0.3 is 6.03 Å². The van der Waals surface area contributed by atoms with Crippen LogP contribution in [0.15, 0.2) is 24.3 Å². The van der Waals surface area contributed by atoms with Crippen LogP contribution in [-0.2, 0) is 0 Å². The lowest BCUT2D eigenvalue weighted by Gasteiger charge is -2.19. The van der Waals surface area contributed by atoms with Crippen molar-refractivity contribution in [1.82, 2.24) is 5.32 Å². The zero-order valence-corrected chi connectivity index (χ0v) is 11.1. The number of para-hydroxylation sites is 1. The van der Waals surface area contributed by atoms with Gasteiger partial charge < -0.3 is 5.32 Å². The van der Waals surface area contributed by atoms with Gasteiger partial charge in [0.1, 0.15) is 6.07 Å². The van der Waals surface area contributed by atoms with Gasteiger partial charge in [-0.15, -0.1) is 11.6 Å². The third-order valence-electron chi connectivity index (χ3n) is 2.53. The van der Waals surface area contributed by atoms with Gasteiger partial charge in [-0.3, -0.25) is 4.90 Å². The number of nitrogens with one attached hydrogen (secondary N) is 1. The Kier molecular flexibility index (Phi) is 6.03. The van der Waals surface area contributed by atoms with Gasteiger partial charge in [-0.2, -0.15) is 5.26 Å². The number of hydrogen-bond acceptors (Lipinski definition) is 2. The van der Waals surface area contributed by atoms with Gasteiger partial charge in [0.05, 0.1) is 11.3 Å². The van der Waals surface area contributed by atoms with Gasteiger partial charge in [-0.25, -0.2) is 4.79 Å². The van der Waals surface area contributed by atoms with Crippen LogP contribution < -0.4 is 10.2 Å². The summed E-state index contributed by atoms with van der Waals surface area (Å²) in [7, 11) is 1.65. The molecule has 0 aromatic heterocycles. The fourth-order valence-electron chi connectivity index (χ4n) is 1.50. The van der Waals surface area contributed by atoms with E-state index >= 15 is 0 Å². The first-order valence-corrected chi connectivity index (χ1v) is 6.30. The lowest BCUT2D eigenvalue weighted by Crippen LogP contribution is -2.38. The van der Waals surface area contributed by atoms with Crippen LogP contribution in [0.4, 0.5) is 10.5 Å². The molecule has 1 N–H and O–H groups in total. The molecular weight excluding hydrogens is 250 g/mol. The molecule has 2 amide bonds. The van der Waals surface area contributed by atoms with E-state index < -0.39 is 0 Å². The smallest absolute Gasteiger partial charge is 0.321 e. The molecule has 96 valence electrons. The Bertz CT molecular complexity index is 442. The minimum Gasteiger partial charge on any atom is -0.338 e. The van der Waals surface area contributed by atoms with E-state index in [2.05, 4.69) is 11.4 Å². The molecule has 0 saturated carbocycles. The van der Waals surface area contributed by atoms with E-state index in [0.717, 1.165) is 12.8 Å². The fourth-order valence-corrected chi connectivity index (χ4v) is 1.69. The van der Waals surface area contributed by atoms with Crippen LogP contribution in [0.3, 0.4) is 0 Å². The van der Waals surface area contributed by atoms with Crippen molar-refractivity contribution in [2.45, 2.75) is 12.8 Å². The summed E-state index contributed by atoms with van der Waals surface area (Å²) in [5.74, 6) is 0.600. The summed E-state index contributed by atoms with van der Waals surface area (Å²) < 4.78 is 0. The fraction of sp³-hybridized carbons (Fsp3) is 0.385. The molecule has 4 nitrogen and oxygen atoms in total. The highest BCUT2D eigenvalue weighted by Crippen LogP contribution is 2.17. The molecule has 1 aromatic carbocycles. The van der Waals surface area contributed by atoms with E-state index in [0.29, 0.717) is 23.7 Å². The van der Waals surface area contributed by atoms with Crippen LogP contribution in [0.1, 0.15) is 18.4 Å². The average molecular weight is 266 g/mol. The largest absolute Gasteiger partial charge is 0.338 e. The quantitative estimate of drug-likeness (QED) is 0.657. The lowest BCUT2D eigenvalue weighted by molar-refractivity contribution is 0.247. The maximum absolute atomic E-state index is 11.8. The Morgan fingerprint density at radius 2 is 2.17 bits per heavy atom. The van der Waals surface area contributed by atoms with Crippen LogP contribution in [0.2, 0.25) is 0 Å². The zero-order chi connectivity index (χ0) is 13.4. The van der Waals surface area contributed by atoms with Crippen molar-refractivity contribution in [2.24, 2.45) is 0 Å². The Hall–Kier alpha value is -1.73. The summed E-state index contributed by atoms with van der Waals surface area (Å²) in [4.78, 5) is 13.3. The minimum absolute atomic E-state index is 0.215. The molecule has 0 atom stereocenters. The summed E-state index contributed by atoms with van der Waals surface area (Å²) in [6, 6.07) is 8.86. The highest BCUT2D eigenvalue weighted by Gasteiger charge is 2.13. The van der Waals surface area contributed by atoms with Crippen molar-refractivity contribution in [3.63, 3.8) is 0 Å². The van der Waals surface area contributed by atoms with Gasteiger partial charge in [-0.05, 0) is 25.0 Å². The second-order valence-corrected chi connectivity index (χ2v) is 4.19. The van der Waals surface area contributed by atoms with Crippen LogP contribution in [0.25, 0.3) is 0 Å². The maximum Gasteiger partial charge on any atom is 0.321 e. The molecule has 0 heterocycles. The van der Waals surface area contributed by atoms with E-state index in [9.17, 15) is 4.79 Å². The van der Waals surface area contributed by atoms with Gasteiger partial charge in [-0.1, -0.05) is 12.1 Å². The number of nitriles is 1. The first-order valence-electron chi connectivity index (χ1n) is 5.77. The number of carbonyl (C=O) groups excluding carboxylic acids is 1. The molecule has 1 aromatic rings. The van der Waals surface area contributed by atoms with Gasteiger partial charge in [0, 0.05) is 19.5 Å². The number of rotatable bonds is 5. The number of hydrogen-bond donors (Lipinski definition) is 1. The molecule has 18 heavy (non-hydrogen) atoms. The van der Waals surface area contributed by atoms with Crippen molar-refractivity contribution < 1.29 is 4.79 Å². The molecule has 0 spiro atoms. The van der Waals surface area contributed by atoms with E-state index in [1.165, 1.54) is 4.90 Å². The Morgan fingerprint density at radius 3 is 2.83 bits per heavy atom. The first-order chi connectivity index (χ1) is 8.70. The zero-order valence-electron chi connectivity index (χ0n) is 10.3. The number of unbranched alkanes of at least 4 members (excludes halogenated alkanes) is 1. The number of amides is 2. The SMILES string of the molecule is CN(C(=O)NCCCCCl)c1ccccc1C#N. The van der Waals surface area contributed by atoms with Crippen LogP contribution in [0.5, 0.6) is 0 Å². The summed E-state index contributed by atoms with van der Waals surface area (Å²) in [6.07, 6.45) is 1.73. The van der Waals surface area contributed by atoms with Gasteiger partial charge in [0.2, 0.25) is 0 Å². The molecule has 0 aliphatic carbocycles. The third-order valence-corrected chi connectivity index (χ3v) is 2.79. The van der Waals surface area contributed by atoms with Crippen LogP contribution >= 0.6 is 11.6 Å². The van der Waals surface area contributed by atoms with Crippen molar-refractivity contribution in [3.05, 3.63) is 29.8 Å². The van der Waals surface area contributed by atoms with E-state index in [4.69, 9.17) is 16.9 Å². The number of alkyl halides is 1. The van der Waals surface area contributed by atoms with Gasteiger partial charge in [0.15, 0.2) is 0 Å². The van der Waals surface area contributed by atoms with Crippen LogP contribution in [-0.4, -0.2) is 25.5 Å². The molecule has 0 aliphatic heterocycles. The monoisotopic (exact) mass is 265 g/mol. The third kappa shape index (κ3) is 3.94. The number of halogens is 1. The summed E-state index contributed by atoms with van der Waals surface area (Å²) >= 11 is 5.56. The standard InChI is InChI=1S/C13H16ClN3O/c1-17(13(18)16-9-5-4-8-14)12-7-3-2-6-11(12)10-15/h2-3,6-7H,4-5,8-9H2,1H3,(H,16,18). The summed E-state index contributed by atoms with van der Waals surface area (Å²) in [5, 5.41) is 11.8. The highest BCUT2D eigenvalue weighted by molar-refractivity contribution is 6.17. The molecule has 0 aliphatic rings. The van der Waals surface area contributed by atoms with Crippen molar-refractivity contribution in [1.29, 1.82) is 5.26 Å². The maximum atomic E-state index is 11.8. The normalized spacial score (nSPS) is 9.61. The number of carbonyl (C=O) groups is 1. The summed E-state index contributed by atoms with van der Waals surface area (Å²) in [5.41, 5.74) is 1.09. The Morgan fingerprint density at radius 1 is 1.44 bits per heavy atom. The predicted molar refractivity (Wildman–Crippen MR) is 72.9 cm³/mol. The topological polar surface area (TPSA) is 56.1 Å². The molecule has 0 radical (unpaired) electrons. The molecule has 0 saturated heterocycles. The number of anilines is 1. The van der Waals surface area contributed by atoms with E-state index in [1.54, 1.807) is 31.3 Å². The number of urea groups is 1. The van der Waals surface area contributed by atoms with Gasteiger partial charge in [0.25, 0.3) is 0 Å². The van der Waals surface area contributed by atoms with E-state index in [1.807, 2.05) is 0 Å². The lowest BCUT2D eigenvalue weighted by atomic mass is 10.2. The molecule has 0 bridgehead atoms. The molecule has 5 heteroatoms. The second-order valence-electron chi connectivity index (χ2n) is 3.82.